The van der Waals surface area contributed by atoms with Crippen LogP contribution in [0.25, 0.3) is 0 Å². The predicted octanol–water partition coefficient (Wildman–Crippen LogP) is 0.888. The van der Waals surface area contributed by atoms with Crippen LogP contribution in [0.15, 0.2) is 0 Å². The lowest BCUT2D eigenvalue weighted by Crippen LogP contribution is -2.11. The summed E-state index contributed by atoms with van der Waals surface area (Å²) < 4.78 is 0. The highest BCUT2D eigenvalue weighted by molar-refractivity contribution is 4.67. The van der Waals surface area contributed by atoms with Gasteiger partial charge in [-0.15, -0.1) is 0 Å². The summed E-state index contributed by atoms with van der Waals surface area (Å²) in [5.41, 5.74) is 0. The zero-order valence-corrected chi connectivity index (χ0v) is 5.72. The maximum absolute atomic E-state index is 5.31. The third kappa shape index (κ3) is 1.01. The summed E-state index contributed by atoms with van der Waals surface area (Å²) in [5.74, 6) is 0.694. The van der Waals surface area contributed by atoms with Gasteiger partial charge in [0.25, 0.3) is 0 Å². The molecular weight excluding hydrogens is 102 g/mol. The highest BCUT2D eigenvalue weighted by Gasteiger charge is 2.23. The Morgan fingerprint density at radius 3 is 2.25 bits per heavy atom. The van der Waals surface area contributed by atoms with E-state index < -0.39 is 0 Å². The van der Waals surface area contributed by atoms with Crippen molar-refractivity contribution in [2.45, 2.75) is 20.0 Å². The first-order valence-corrected chi connectivity index (χ1v) is 3.08. The van der Waals surface area contributed by atoms with Gasteiger partial charge in [-0.2, -0.15) is 5.06 Å². The van der Waals surface area contributed by atoms with E-state index in [9.17, 15) is 0 Å². The van der Waals surface area contributed by atoms with Crippen molar-refractivity contribution in [2.24, 2.45) is 5.92 Å². The Morgan fingerprint density at radius 2 is 2.12 bits per heavy atom. The Morgan fingerprint density at radius 1 is 1.50 bits per heavy atom. The van der Waals surface area contributed by atoms with Gasteiger partial charge in [-0.25, -0.2) is 0 Å². The van der Waals surface area contributed by atoms with E-state index in [4.69, 9.17) is 4.84 Å². The molecule has 8 heavy (non-hydrogen) atoms. The third-order valence-electron chi connectivity index (χ3n) is 1.69. The van der Waals surface area contributed by atoms with Crippen molar-refractivity contribution in [3.05, 3.63) is 0 Å². The van der Waals surface area contributed by atoms with Gasteiger partial charge in [0.2, 0.25) is 0 Å². The van der Waals surface area contributed by atoms with Crippen LogP contribution in [0.1, 0.15) is 13.8 Å². The van der Waals surface area contributed by atoms with Crippen LogP contribution in [0.4, 0.5) is 0 Å². The number of hydroxylamine groups is 2. The SMILES string of the molecule is CC1CN(C)OC1C. The summed E-state index contributed by atoms with van der Waals surface area (Å²) in [6.45, 7) is 5.38. The molecule has 0 aliphatic carbocycles. The molecule has 1 aliphatic heterocycles. The fourth-order valence-corrected chi connectivity index (χ4v) is 0.985. The molecule has 0 bridgehead atoms. The van der Waals surface area contributed by atoms with Gasteiger partial charge in [0.15, 0.2) is 0 Å². The minimum atomic E-state index is 0.417. The average molecular weight is 115 g/mol. The average Bonchev–Trinajstić information content (AvgIpc) is 1.85. The van der Waals surface area contributed by atoms with E-state index in [0.717, 1.165) is 6.54 Å². The Bertz CT molecular complexity index is 74.6. The fourth-order valence-electron chi connectivity index (χ4n) is 0.985. The molecule has 48 valence electrons. The monoisotopic (exact) mass is 115 g/mol. The normalized spacial score (nSPS) is 40.9. The van der Waals surface area contributed by atoms with Crippen molar-refractivity contribution in [1.82, 2.24) is 5.06 Å². The smallest absolute Gasteiger partial charge is 0.0803 e. The molecule has 0 spiro atoms. The summed E-state index contributed by atoms with van der Waals surface area (Å²) in [5, 5.41) is 1.90. The van der Waals surface area contributed by atoms with Gasteiger partial charge >= 0.3 is 0 Å². The zero-order chi connectivity index (χ0) is 6.15. The van der Waals surface area contributed by atoms with Crippen LogP contribution in [0.2, 0.25) is 0 Å². The largest absolute Gasteiger partial charge is 0.296 e. The Kier molecular flexibility index (Phi) is 1.54. The van der Waals surface area contributed by atoms with Crippen LogP contribution in [-0.4, -0.2) is 24.8 Å². The Hall–Kier alpha value is -0.0800. The van der Waals surface area contributed by atoms with E-state index in [0.29, 0.717) is 12.0 Å². The van der Waals surface area contributed by atoms with Crippen LogP contribution < -0.4 is 0 Å². The molecule has 0 aromatic rings. The van der Waals surface area contributed by atoms with Crippen molar-refractivity contribution in [2.75, 3.05) is 13.6 Å². The Balaban J connectivity index is 2.39. The molecule has 1 fully saturated rings. The summed E-state index contributed by atoms with van der Waals surface area (Å²) in [6, 6.07) is 0. The van der Waals surface area contributed by atoms with Crippen molar-refractivity contribution in [1.29, 1.82) is 0 Å². The first kappa shape index (κ1) is 6.05. The maximum Gasteiger partial charge on any atom is 0.0803 e. The molecule has 1 saturated heterocycles. The minimum Gasteiger partial charge on any atom is -0.296 e. The summed E-state index contributed by atoms with van der Waals surface area (Å²) in [4.78, 5) is 5.31. The van der Waals surface area contributed by atoms with Crippen LogP contribution in [0.5, 0.6) is 0 Å². The van der Waals surface area contributed by atoms with Gasteiger partial charge in [-0.05, 0) is 12.8 Å². The molecule has 2 unspecified atom stereocenters. The van der Waals surface area contributed by atoms with E-state index in [1.165, 1.54) is 0 Å². The maximum atomic E-state index is 5.31. The minimum absolute atomic E-state index is 0.417. The lowest BCUT2D eigenvalue weighted by atomic mass is 10.1. The van der Waals surface area contributed by atoms with Crippen molar-refractivity contribution in [3.8, 4) is 0 Å². The van der Waals surface area contributed by atoms with Crippen LogP contribution in [0.3, 0.4) is 0 Å². The van der Waals surface area contributed by atoms with Gasteiger partial charge in [0, 0.05) is 13.6 Å². The molecule has 0 saturated carbocycles. The summed E-state index contributed by atoms with van der Waals surface area (Å²) in [6.07, 6.45) is 0.417. The lowest BCUT2D eigenvalue weighted by molar-refractivity contribution is -0.121. The second-order valence-corrected chi connectivity index (χ2v) is 2.60. The van der Waals surface area contributed by atoms with Crippen LogP contribution in [0, 0.1) is 5.92 Å². The molecular formula is C6H13NO. The summed E-state index contributed by atoms with van der Waals surface area (Å²) in [7, 11) is 1.97. The van der Waals surface area contributed by atoms with E-state index in [2.05, 4.69) is 13.8 Å². The molecule has 2 atom stereocenters. The number of hydrogen-bond donors (Lipinski definition) is 0. The van der Waals surface area contributed by atoms with E-state index in [1.807, 2.05) is 12.1 Å². The van der Waals surface area contributed by atoms with Gasteiger partial charge in [0.1, 0.15) is 0 Å². The van der Waals surface area contributed by atoms with E-state index >= 15 is 0 Å². The third-order valence-corrected chi connectivity index (χ3v) is 1.69. The van der Waals surface area contributed by atoms with E-state index in [1.54, 1.807) is 0 Å². The predicted molar refractivity (Wildman–Crippen MR) is 32.3 cm³/mol. The van der Waals surface area contributed by atoms with Crippen LogP contribution >= 0.6 is 0 Å². The second kappa shape index (κ2) is 2.03. The number of hydrogen-bond acceptors (Lipinski definition) is 2. The number of rotatable bonds is 0. The molecule has 0 aromatic heterocycles. The molecule has 1 rings (SSSR count). The van der Waals surface area contributed by atoms with Crippen molar-refractivity contribution < 1.29 is 4.84 Å². The molecule has 1 aliphatic rings. The number of nitrogens with zero attached hydrogens (tertiary/aromatic N) is 1. The molecule has 0 radical (unpaired) electrons. The summed E-state index contributed by atoms with van der Waals surface area (Å²) >= 11 is 0. The highest BCUT2D eigenvalue weighted by atomic mass is 16.7. The Labute approximate surface area is 50.4 Å². The molecule has 0 amide bonds. The molecule has 1 heterocycles. The standard InChI is InChI=1S/C6H13NO/c1-5-4-7(3)8-6(5)2/h5-6H,4H2,1-3H3. The van der Waals surface area contributed by atoms with Gasteiger partial charge in [-0.3, -0.25) is 4.84 Å². The first-order chi connectivity index (χ1) is 3.70. The second-order valence-electron chi connectivity index (χ2n) is 2.60. The van der Waals surface area contributed by atoms with Crippen LogP contribution in [-0.2, 0) is 4.84 Å². The van der Waals surface area contributed by atoms with Gasteiger partial charge in [0.05, 0.1) is 6.10 Å². The van der Waals surface area contributed by atoms with Crippen molar-refractivity contribution in [3.63, 3.8) is 0 Å². The zero-order valence-electron chi connectivity index (χ0n) is 5.72. The topological polar surface area (TPSA) is 12.5 Å². The van der Waals surface area contributed by atoms with Crippen molar-refractivity contribution >= 4 is 0 Å². The van der Waals surface area contributed by atoms with Gasteiger partial charge in [-0.1, -0.05) is 6.92 Å². The highest BCUT2D eigenvalue weighted by Crippen LogP contribution is 2.16. The van der Waals surface area contributed by atoms with Gasteiger partial charge < -0.3 is 0 Å². The quantitative estimate of drug-likeness (QED) is 0.465. The van der Waals surface area contributed by atoms with E-state index in [-0.39, 0.29) is 0 Å². The first-order valence-electron chi connectivity index (χ1n) is 3.08. The molecule has 0 N–H and O–H groups in total. The molecule has 2 heteroatoms. The fraction of sp³-hybridized carbons (Fsp3) is 1.00. The molecule has 2 nitrogen and oxygen atoms in total. The lowest BCUT2D eigenvalue weighted by Gasteiger charge is -2.05. The molecule has 0 aromatic carbocycles.